The summed E-state index contributed by atoms with van der Waals surface area (Å²) in [5.41, 5.74) is 5.41. The van der Waals surface area contributed by atoms with Crippen molar-refractivity contribution in [3.05, 3.63) is 0 Å². The van der Waals surface area contributed by atoms with Gasteiger partial charge in [-0.1, -0.05) is 0 Å². The fraction of sp³-hybridized carbons (Fsp3) is 0.909. The summed E-state index contributed by atoms with van der Waals surface area (Å²) in [5, 5.41) is 0. The third-order valence-electron chi connectivity index (χ3n) is 2.55. The van der Waals surface area contributed by atoms with Crippen LogP contribution in [0.1, 0.15) is 40.5 Å². The van der Waals surface area contributed by atoms with E-state index in [1.54, 1.807) is 4.90 Å². The molecule has 0 saturated carbocycles. The van der Waals surface area contributed by atoms with E-state index in [0.29, 0.717) is 6.54 Å². The molecule has 0 aromatic rings. The largest absolute Gasteiger partial charge is 0.444 e. The van der Waals surface area contributed by atoms with Crippen LogP contribution < -0.4 is 5.73 Å². The van der Waals surface area contributed by atoms with Crippen molar-refractivity contribution in [1.29, 1.82) is 0 Å². The van der Waals surface area contributed by atoms with Crippen molar-refractivity contribution in [3.63, 3.8) is 0 Å². The van der Waals surface area contributed by atoms with Crippen LogP contribution in [0.5, 0.6) is 0 Å². The van der Waals surface area contributed by atoms with Crippen molar-refractivity contribution in [2.24, 2.45) is 5.73 Å². The van der Waals surface area contributed by atoms with Crippen LogP contribution in [0.4, 0.5) is 4.79 Å². The van der Waals surface area contributed by atoms with Crippen molar-refractivity contribution < 1.29 is 9.53 Å². The van der Waals surface area contributed by atoms with Gasteiger partial charge in [0.2, 0.25) is 0 Å². The Bertz CT molecular complexity index is 235. The molecule has 1 heterocycles. The molecule has 0 unspecified atom stereocenters. The van der Waals surface area contributed by atoms with Gasteiger partial charge in [-0.2, -0.15) is 0 Å². The molecular weight excluding hydrogens is 192 g/mol. The zero-order valence-corrected chi connectivity index (χ0v) is 10.1. The van der Waals surface area contributed by atoms with Gasteiger partial charge in [-0.25, -0.2) is 4.79 Å². The molecule has 2 N–H and O–H groups in total. The van der Waals surface area contributed by atoms with E-state index in [4.69, 9.17) is 10.5 Å². The van der Waals surface area contributed by atoms with Crippen LogP contribution in [-0.4, -0.2) is 35.2 Å². The number of amides is 1. The molecule has 2 atom stereocenters. The first-order chi connectivity index (χ1) is 6.79. The van der Waals surface area contributed by atoms with E-state index in [2.05, 4.69) is 0 Å². The Morgan fingerprint density at radius 3 is 2.53 bits per heavy atom. The van der Waals surface area contributed by atoms with Crippen LogP contribution in [0.25, 0.3) is 0 Å². The molecular formula is C11H22N2O2. The standard InChI is InChI=1S/C11H22N2O2/c1-8-5-6-9(12)7-13(8)10(14)15-11(2,3)4/h8-9H,5-7,12H2,1-4H3/t8-,9+/m1/s1. The van der Waals surface area contributed by atoms with Gasteiger partial charge in [0.25, 0.3) is 0 Å². The first kappa shape index (κ1) is 12.3. The molecule has 1 amide bonds. The quantitative estimate of drug-likeness (QED) is 0.668. The normalized spacial score (nSPS) is 27.7. The van der Waals surface area contributed by atoms with Crippen molar-refractivity contribution >= 4 is 6.09 Å². The van der Waals surface area contributed by atoms with E-state index in [-0.39, 0.29) is 18.2 Å². The van der Waals surface area contributed by atoms with Crippen LogP contribution in [-0.2, 0) is 4.74 Å². The lowest BCUT2D eigenvalue weighted by molar-refractivity contribution is 0.00998. The maximum Gasteiger partial charge on any atom is 0.410 e. The van der Waals surface area contributed by atoms with Crippen molar-refractivity contribution in [2.45, 2.75) is 58.2 Å². The van der Waals surface area contributed by atoms with E-state index >= 15 is 0 Å². The average Bonchev–Trinajstić information content (AvgIpc) is 2.06. The summed E-state index contributed by atoms with van der Waals surface area (Å²) in [6.07, 6.45) is 1.70. The van der Waals surface area contributed by atoms with E-state index in [1.165, 1.54) is 0 Å². The highest BCUT2D eigenvalue weighted by atomic mass is 16.6. The van der Waals surface area contributed by atoms with Gasteiger partial charge in [0.1, 0.15) is 5.60 Å². The molecule has 0 aromatic carbocycles. The molecule has 0 bridgehead atoms. The summed E-state index contributed by atoms with van der Waals surface area (Å²) in [6, 6.07) is 0.327. The summed E-state index contributed by atoms with van der Waals surface area (Å²) in [7, 11) is 0. The van der Waals surface area contributed by atoms with Crippen molar-refractivity contribution in [1.82, 2.24) is 4.90 Å². The monoisotopic (exact) mass is 214 g/mol. The first-order valence-corrected chi connectivity index (χ1v) is 5.55. The zero-order chi connectivity index (χ0) is 11.6. The Morgan fingerprint density at radius 1 is 1.40 bits per heavy atom. The highest BCUT2D eigenvalue weighted by molar-refractivity contribution is 5.68. The van der Waals surface area contributed by atoms with Gasteiger partial charge < -0.3 is 15.4 Å². The van der Waals surface area contributed by atoms with Crippen LogP contribution in [0.2, 0.25) is 0 Å². The second-order valence-corrected chi connectivity index (χ2v) is 5.32. The van der Waals surface area contributed by atoms with Gasteiger partial charge in [0, 0.05) is 18.6 Å². The molecule has 0 radical (unpaired) electrons. The molecule has 1 saturated heterocycles. The number of nitrogens with two attached hydrogens (primary N) is 1. The van der Waals surface area contributed by atoms with Gasteiger partial charge in [0.05, 0.1) is 0 Å². The highest BCUT2D eigenvalue weighted by Crippen LogP contribution is 2.19. The lowest BCUT2D eigenvalue weighted by atomic mass is 10.0. The number of rotatable bonds is 0. The van der Waals surface area contributed by atoms with E-state index in [1.807, 2.05) is 27.7 Å². The van der Waals surface area contributed by atoms with Gasteiger partial charge in [-0.15, -0.1) is 0 Å². The molecule has 88 valence electrons. The maximum atomic E-state index is 11.8. The summed E-state index contributed by atoms with van der Waals surface area (Å²) in [4.78, 5) is 13.6. The molecule has 15 heavy (non-hydrogen) atoms. The number of likely N-dealkylation sites (tertiary alicyclic amines) is 1. The predicted molar refractivity (Wildman–Crippen MR) is 59.6 cm³/mol. The average molecular weight is 214 g/mol. The van der Waals surface area contributed by atoms with E-state index in [0.717, 1.165) is 12.8 Å². The number of ether oxygens (including phenoxy) is 1. The third kappa shape index (κ3) is 3.70. The van der Waals surface area contributed by atoms with Gasteiger partial charge >= 0.3 is 6.09 Å². The minimum absolute atomic E-state index is 0.0914. The second kappa shape index (κ2) is 4.39. The molecule has 1 fully saturated rings. The second-order valence-electron chi connectivity index (χ2n) is 5.32. The summed E-state index contributed by atoms with van der Waals surface area (Å²) >= 11 is 0. The van der Waals surface area contributed by atoms with Gasteiger partial charge in [0.15, 0.2) is 0 Å². The fourth-order valence-corrected chi connectivity index (χ4v) is 1.71. The van der Waals surface area contributed by atoms with Crippen molar-refractivity contribution in [2.75, 3.05) is 6.54 Å². The summed E-state index contributed by atoms with van der Waals surface area (Å²) < 4.78 is 5.33. The van der Waals surface area contributed by atoms with Crippen LogP contribution in [0.3, 0.4) is 0 Å². The Labute approximate surface area is 91.8 Å². The number of hydrogen-bond acceptors (Lipinski definition) is 3. The predicted octanol–water partition coefficient (Wildman–Crippen LogP) is 1.73. The Hall–Kier alpha value is -0.770. The summed E-state index contributed by atoms with van der Waals surface area (Å²) in [5.74, 6) is 0. The molecule has 1 rings (SSSR count). The topological polar surface area (TPSA) is 55.6 Å². The third-order valence-corrected chi connectivity index (χ3v) is 2.55. The molecule has 1 aliphatic rings. The Morgan fingerprint density at radius 2 is 2.00 bits per heavy atom. The van der Waals surface area contributed by atoms with Crippen LogP contribution >= 0.6 is 0 Å². The number of hydrogen-bond donors (Lipinski definition) is 1. The molecule has 4 nitrogen and oxygen atoms in total. The van der Waals surface area contributed by atoms with E-state index in [9.17, 15) is 4.79 Å². The van der Waals surface area contributed by atoms with Gasteiger partial charge in [-0.05, 0) is 40.5 Å². The SMILES string of the molecule is C[C@@H]1CC[C@H](N)CN1C(=O)OC(C)(C)C. The van der Waals surface area contributed by atoms with Crippen molar-refractivity contribution in [3.8, 4) is 0 Å². The molecule has 4 heteroatoms. The molecule has 0 aliphatic carbocycles. The van der Waals surface area contributed by atoms with Crippen LogP contribution in [0, 0.1) is 0 Å². The lowest BCUT2D eigenvalue weighted by Crippen LogP contribution is -2.51. The molecule has 0 spiro atoms. The molecule has 0 aromatic heterocycles. The molecule has 1 aliphatic heterocycles. The first-order valence-electron chi connectivity index (χ1n) is 5.55. The minimum atomic E-state index is -0.432. The maximum absolute atomic E-state index is 11.8. The number of carbonyl (C=O) groups excluding carboxylic acids is 1. The minimum Gasteiger partial charge on any atom is -0.444 e. The number of piperidine rings is 1. The Balaban J connectivity index is 2.57. The highest BCUT2D eigenvalue weighted by Gasteiger charge is 2.30. The Kier molecular flexibility index (Phi) is 3.60. The fourth-order valence-electron chi connectivity index (χ4n) is 1.71. The van der Waals surface area contributed by atoms with Gasteiger partial charge in [-0.3, -0.25) is 0 Å². The summed E-state index contributed by atoms with van der Waals surface area (Å²) in [6.45, 7) is 8.27. The lowest BCUT2D eigenvalue weighted by Gasteiger charge is -2.37. The van der Waals surface area contributed by atoms with Crippen LogP contribution in [0.15, 0.2) is 0 Å². The van der Waals surface area contributed by atoms with E-state index < -0.39 is 5.60 Å². The number of carbonyl (C=O) groups is 1. The zero-order valence-electron chi connectivity index (χ0n) is 10.1. The smallest absolute Gasteiger partial charge is 0.410 e. The number of nitrogens with zero attached hydrogens (tertiary/aromatic N) is 1.